The van der Waals surface area contributed by atoms with Crippen LogP contribution in [0.5, 0.6) is 0 Å². The lowest BCUT2D eigenvalue weighted by atomic mass is 9.75. The summed E-state index contributed by atoms with van der Waals surface area (Å²) in [5, 5.41) is 4.26. The number of fused-ring (bicyclic) bond motifs is 1. The number of hydrazone groups is 1. The normalized spacial score (nSPS) is 17.0. The molecule has 1 aromatic carbocycles. The van der Waals surface area contributed by atoms with Gasteiger partial charge in [0.25, 0.3) is 11.8 Å². The van der Waals surface area contributed by atoms with Gasteiger partial charge < -0.3 is 10.2 Å². The number of hydrogen-bond acceptors (Lipinski definition) is 4. The van der Waals surface area contributed by atoms with Crippen LogP contribution in [0.15, 0.2) is 33.8 Å². The highest BCUT2D eigenvalue weighted by Gasteiger charge is 2.35. The van der Waals surface area contributed by atoms with Gasteiger partial charge in [0.15, 0.2) is 5.76 Å². The summed E-state index contributed by atoms with van der Waals surface area (Å²) in [4.78, 5) is 23.8. The third-order valence-electron chi connectivity index (χ3n) is 4.42. The van der Waals surface area contributed by atoms with Crippen LogP contribution in [-0.2, 0) is 6.42 Å². The smallest absolute Gasteiger partial charge is 0.284 e. The maximum atomic E-state index is 13.0. The molecule has 0 unspecified atom stereocenters. The summed E-state index contributed by atoms with van der Waals surface area (Å²) < 4.78 is 18.6. The number of nitrogens with two attached hydrogens (primary N) is 1. The molecular weight excluding hydrogens is 337 g/mol. The SMILES string of the molecule is Cc1c(C(N)=O)oc2c1/C(=N/NC(=O)c1ccc(F)cc1)CC(C)(C)C2. The number of hydrogen-bond donors (Lipinski definition) is 2. The number of carbonyl (C=O) groups excluding carboxylic acids is 2. The molecule has 0 atom stereocenters. The van der Waals surface area contributed by atoms with Gasteiger partial charge in [0.1, 0.15) is 11.6 Å². The predicted octanol–water partition coefficient (Wildman–Crippen LogP) is 2.93. The number of furan rings is 1. The molecule has 0 saturated carbocycles. The van der Waals surface area contributed by atoms with E-state index in [1.165, 1.54) is 24.3 Å². The Kier molecular flexibility index (Phi) is 4.39. The molecule has 26 heavy (non-hydrogen) atoms. The number of benzene rings is 1. The Labute approximate surface area is 150 Å². The first kappa shape index (κ1) is 17.8. The lowest BCUT2D eigenvalue weighted by Crippen LogP contribution is -2.29. The van der Waals surface area contributed by atoms with Crippen LogP contribution in [-0.4, -0.2) is 17.5 Å². The van der Waals surface area contributed by atoms with Gasteiger partial charge in [-0.15, -0.1) is 0 Å². The molecule has 1 aromatic heterocycles. The molecule has 1 aliphatic rings. The highest BCUT2D eigenvalue weighted by Crippen LogP contribution is 2.38. The topological polar surface area (TPSA) is 97.7 Å². The van der Waals surface area contributed by atoms with Crippen molar-refractivity contribution >= 4 is 17.5 Å². The van der Waals surface area contributed by atoms with Gasteiger partial charge in [-0.25, -0.2) is 9.82 Å². The minimum absolute atomic E-state index is 0.116. The third kappa shape index (κ3) is 3.37. The van der Waals surface area contributed by atoms with Crippen LogP contribution < -0.4 is 11.2 Å². The standard InChI is InChI=1S/C19H20FN3O3/c1-10-15-13(22-23-18(25)11-4-6-12(20)7-5-11)8-19(2,3)9-14(15)26-16(10)17(21)24/h4-7H,8-9H2,1-3H3,(H2,21,24)(H,23,25)/b22-13+. The molecule has 2 amide bonds. The number of rotatable bonds is 3. The van der Waals surface area contributed by atoms with E-state index in [9.17, 15) is 14.0 Å². The fourth-order valence-electron chi connectivity index (χ4n) is 3.23. The van der Waals surface area contributed by atoms with E-state index in [0.29, 0.717) is 35.4 Å². The average molecular weight is 357 g/mol. The van der Waals surface area contributed by atoms with E-state index in [1.54, 1.807) is 6.92 Å². The lowest BCUT2D eigenvalue weighted by molar-refractivity contribution is 0.0951. The van der Waals surface area contributed by atoms with E-state index < -0.39 is 17.6 Å². The maximum Gasteiger partial charge on any atom is 0.284 e. The van der Waals surface area contributed by atoms with Crippen molar-refractivity contribution in [3.8, 4) is 0 Å². The molecule has 136 valence electrons. The van der Waals surface area contributed by atoms with Crippen molar-refractivity contribution in [3.05, 3.63) is 58.3 Å². The van der Waals surface area contributed by atoms with Crippen molar-refractivity contribution < 1.29 is 18.4 Å². The maximum absolute atomic E-state index is 13.0. The Morgan fingerprint density at radius 2 is 1.88 bits per heavy atom. The molecular formula is C19H20FN3O3. The van der Waals surface area contributed by atoms with E-state index >= 15 is 0 Å². The molecule has 7 heteroatoms. The summed E-state index contributed by atoms with van der Waals surface area (Å²) in [5.41, 5.74) is 10.00. The highest BCUT2D eigenvalue weighted by molar-refractivity contribution is 6.07. The summed E-state index contributed by atoms with van der Waals surface area (Å²) in [6.07, 6.45) is 1.24. The van der Waals surface area contributed by atoms with Gasteiger partial charge in [-0.3, -0.25) is 9.59 Å². The number of carbonyl (C=O) groups is 2. The van der Waals surface area contributed by atoms with Crippen LogP contribution >= 0.6 is 0 Å². The van der Waals surface area contributed by atoms with E-state index in [-0.39, 0.29) is 11.2 Å². The lowest BCUT2D eigenvalue weighted by Gasteiger charge is -2.29. The molecule has 6 nitrogen and oxygen atoms in total. The fourth-order valence-corrected chi connectivity index (χ4v) is 3.23. The van der Waals surface area contributed by atoms with E-state index in [4.69, 9.17) is 10.2 Å². The Balaban J connectivity index is 1.94. The Bertz CT molecular complexity index is 911. The summed E-state index contributed by atoms with van der Waals surface area (Å²) in [6, 6.07) is 5.19. The second-order valence-corrected chi connectivity index (χ2v) is 7.24. The second kappa shape index (κ2) is 6.40. The van der Waals surface area contributed by atoms with Crippen molar-refractivity contribution in [3.63, 3.8) is 0 Å². The van der Waals surface area contributed by atoms with Gasteiger partial charge in [0.05, 0.1) is 5.71 Å². The number of nitrogens with one attached hydrogen (secondary N) is 1. The quantitative estimate of drug-likeness (QED) is 0.826. The number of amides is 2. The first-order valence-corrected chi connectivity index (χ1v) is 8.23. The van der Waals surface area contributed by atoms with Gasteiger partial charge in [-0.1, -0.05) is 13.8 Å². The summed E-state index contributed by atoms with van der Waals surface area (Å²) in [6.45, 7) is 5.85. The van der Waals surface area contributed by atoms with Crippen molar-refractivity contribution in [2.75, 3.05) is 0 Å². The molecule has 1 aliphatic carbocycles. The average Bonchev–Trinajstić information content (AvgIpc) is 2.88. The van der Waals surface area contributed by atoms with E-state index in [0.717, 1.165) is 5.56 Å². The van der Waals surface area contributed by atoms with Crippen LogP contribution in [0.4, 0.5) is 4.39 Å². The Morgan fingerprint density at radius 3 is 2.50 bits per heavy atom. The van der Waals surface area contributed by atoms with Crippen LogP contribution in [0.1, 0.15) is 58.1 Å². The predicted molar refractivity (Wildman–Crippen MR) is 94.5 cm³/mol. The number of primary amides is 1. The summed E-state index contributed by atoms with van der Waals surface area (Å²) >= 11 is 0. The molecule has 0 radical (unpaired) electrons. The van der Waals surface area contributed by atoms with Crippen LogP contribution in [0.3, 0.4) is 0 Å². The van der Waals surface area contributed by atoms with Gasteiger partial charge in [-0.2, -0.15) is 5.10 Å². The van der Waals surface area contributed by atoms with E-state index in [2.05, 4.69) is 24.4 Å². The van der Waals surface area contributed by atoms with Crippen molar-refractivity contribution in [1.29, 1.82) is 0 Å². The molecule has 3 rings (SSSR count). The van der Waals surface area contributed by atoms with Crippen molar-refractivity contribution in [2.24, 2.45) is 16.3 Å². The molecule has 0 aliphatic heterocycles. The second-order valence-electron chi connectivity index (χ2n) is 7.24. The molecule has 0 spiro atoms. The largest absolute Gasteiger partial charge is 0.455 e. The number of halogens is 1. The van der Waals surface area contributed by atoms with Crippen molar-refractivity contribution in [2.45, 2.75) is 33.6 Å². The molecule has 0 bridgehead atoms. The summed E-state index contributed by atoms with van der Waals surface area (Å²) in [5.74, 6) is -0.741. The van der Waals surface area contributed by atoms with Gasteiger partial charge in [0, 0.05) is 23.1 Å². The van der Waals surface area contributed by atoms with E-state index in [1.807, 2.05) is 0 Å². The first-order chi connectivity index (χ1) is 12.2. The third-order valence-corrected chi connectivity index (χ3v) is 4.42. The molecule has 0 saturated heterocycles. The number of nitrogens with zero attached hydrogens (tertiary/aromatic N) is 1. The molecule has 1 heterocycles. The highest BCUT2D eigenvalue weighted by atomic mass is 19.1. The molecule has 0 fully saturated rings. The summed E-state index contributed by atoms with van der Waals surface area (Å²) in [7, 11) is 0. The fraction of sp³-hybridized carbons (Fsp3) is 0.316. The molecule has 2 aromatic rings. The van der Waals surface area contributed by atoms with Crippen molar-refractivity contribution in [1.82, 2.24) is 5.43 Å². The van der Waals surface area contributed by atoms with Gasteiger partial charge >= 0.3 is 0 Å². The van der Waals surface area contributed by atoms with Crippen LogP contribution in [0.25, 0.3) is 0 Å². The van der Waals surface area contributed by atoms with Gasteiger partial charge in [0.2, 0.25) is 0 Å². The van der Waals surface area contributed by atoms with Gasteiger partial charge in [-0.05, 0) is 43.0 Å². The Hall–Kier alpha value is -2.96. The first-order valence-electron chi connectivity index (χ1n) is 8.23. The monoisotopic (exact) mass is 357 g/mol. The minimum Gasteiger partial charge on any atom is -0.455 e. The minimum atomic E-state index is -0.635. The zero-order valence-electron chi connectivity index (χ0n) is 14.9. The zero-order chi connectivity index (χ0) is 19.1. The molecule has 3 N–H and O–H groups in total. The zero-order valence-corrected chi connectivity index (χ0v) is 14.9. The Morgan fingerprint density at radius 1 is 1.23 bits per heavy atom. The van der Waals surface area contributed by atoms with Crippen LogP contribution in [0, 0.1) is 18.2 Å². The van der Waals surface area contributed by atoms with Crippen LogP contribution in [0.2, 0.25) is 0 Å².